The molecule has 0 spiro atoms. The lowest BCUT2D eigenvalue weighted by Crippen LogP contribution is -2.11. The Morgan fingerprint density at radius 2 is 2.20 bits per heavy atom. The van der Waals surface area contributed by atoms with Gasteiger partial charge in [0.05, 0.1) is 12.0 Å². The first kappa shape index (κ1) is 9.94. The van der Waals surface area contributed by atoms with Crippen LogP contribution >= 0.6 is 0 Å². The quantitative estimate of drug-likeness (QED) is 0.806. The lowest BCUT2D eigenvalue weighted by Gasteiger charge is -1.95. The number of aromatic nitrogens is 1. The summed E-state index contributed by atoms with van der Waals surface area (Å²) in [5, 5.41) is 4.97. The van der Waals surface area contributed by atoms with Crippen LogP contribution < -0.4 is 9.88 Å². The summed E-state index contributed by atoms with van der Waals surface area (Å²) in [5.74, 6) is 0. The number of rotatable bonds is 2. The number of nitrogens with zero attached hydrogens (tertiary/aromatic N) is 1. The molecule has 0 unspecified atom stereocenters. The fraction of sp³-hybridized carbons (Fsp3) is 0.125. The van der Waals surface area contributed by atoms with Crippen molar-refractivity contribution in [3.8, 4) is 6.08 Å². The van der Waals surface area contributed by atoms with Gasteiger partial charge >= 0.3 is 6.08 Å². The van der Waals surface area contributed by atoms with Gasteiger partial charge in [0.15, 0.2) is 5.58 Å². The van der Waals surface area contributed by atoms with Gasteiger partial charge in [-0.25, -0.2) is 13.6 Å². The second kappa shape index (κ2) is 3.21. The summed E-state index contributed by atoms with van der Waals surface area (Å²) in [4.78, 5) is 3.91. The molecule has 15 heavy (non-hydrogen) atoms. The summed E-state index contributed by atoms with van der Waals surface area (Å²) in [5.41, 5.74) is 0.831. The molecule has 0 aliphatic rings. The van der Waals surface area contributed by atoms with Gasteiger partial charge in [0.2, 0.25) is 10.0 Å². The molecule has 6 nitrogen and oxygen atoms in total. The van der Waals surface area contributed by atoms with Crippen molar-refractivity contribution in [1.29, 1.82) is 0 Å². The van der Waals surface area contributed by atoms with Gasteiger partial charge in [-0.05, 0) is 12.1 Å². The smallest absolute Gasteiger partial charge is 0.394 e. The molecule has 0 fully saturated rings. The van der Waals surface area contributed by atoms with E-state index in [4.69, 9.17) is 14.3 Å². The van der Waals surface area contributed by atoms with Crippen molar-refractivity contribution in [2.75, 3.05) is 7.11 Å². The molecule has 0 atom stereocenters. The van der Waals surface area contributed by atoms with E-state index in [-0.39, 0.29) is 11.0 Å². The van der Waals surface area contributed by atoms with Crippen molar-refractivity contribution in [1.82, 2.24) is 4.98 Å². The third-order valence-electron chi connectivity index (χ3n) is 1.84. The predicted molar refractivity (Wildman–Crippen MR) is 51.9 cm³/mol. The fourth-order valence-corrected chi connectivity index (χ4v) is 1.68. The van der Waals surface area contributed by atoms with E-state index >= 15 is 0 Å². The van der Waals surface area contributed by atoms with Crippen LogP contribution in [0.15, 0.2) is 27.5 Å². The maximum Gasteiger partial charge on any atom is 0.394 e. The lowest BCUT2D eigenvalue weighted by atomic mass is 10.3. The number of primary sulfonamides is 1. The van der Waals surface area contributed by atoms with Gasteiger partial charge in [-0.15, -0.1) is 0 Å². The molecule has 1 aromatic heterocycles. The number of benzene rings is 1. The molecule has 1 heterocycles. The molecule has 0 saturated heterocycles. The molecule has 2 N–H and O–H groups in total. The van der Waals surface area contributed by atoms with Gasteiger partial charge in [0.25, 0.3) is 0 Å². The van der Waals surface area contributed by atoms with E-state index in [1.807, 2.05) is 0 Å². The number of nitrogens with two attached hydrogens (primary N) is 1. The molecule has 1 aromatic carbocycles. The normalized spacial score (nSPS) is 11.9. The Kier molecular flexibility index (Phi) is 2.13. The Hall–Kier alpha value is -1.60. The van der Waals surface area contributed by atoms with Crippen molar-refractivity contribution in [2.24, 2.45) is 5.14 Å². The minimum atomic E-state index is -3.72. The average molecular weight is 228 g/mol. The summed E-state index contributed by atoms with van der Waals surface area (Å²) in [6.45, 7) is 0. The zero-order valence-electron chi connectivity index (χ0n) is 7.80. The van der Waals surface area contributed by atoms with Crippen LogP contribution in [-0.4, -0.2) is 20.5 Å². The summed E-state index contributed by atoms with van der Waals surface area (Å²) >= 11 is 0. The Morgan fingerprint density at radius 3 is 2.80 bits per heavy atom. The molecule has 0 radical (unpaired) electrons. The van der Waals surface area contributed by atoms with Crippen molar-refractivity contribution in [2.45, 2.75) is 4.90 Å². The first-order valence-corrected chi connectivity index (χ1v) is 5.53. The molecular formula is C8H8N2O4S. The van der Waals surface area contributed by atoms with Crippen LogP contribution in [0.2, 0.25) is 0 Å². The molecule has 7 heteroatoms. The number of methoxy groups -OCH3 is 1. The molecule has 2 aromatic rings. The second-order valence-electron chi connectivity index (χ2n) is 2.86. The van der Waals surface area contributed by atoms with Crippen LogP contribution in [-0.2, 0) is 10.0 Å². The van der Waals surface area contributed by atoms with E-state index in [0.717, 1.165) is 0 Å². The Balaban J connectivity index is 2.66. The standard InChI is InChI=1S/C8H8N2O4S/c1-13-8-10-6-3-2-5(15(9,11)12)4-7(6)14-8/h2-4H,1H3,(H2,9,11,12). The number of fused-ring (bicyclic) bond motifs is 1. The van der Waals surface area contributed by atoms with Crippen LogP contribution in [0.25, 0.3) is 11.1 Å². The summed E-state index contributed by atoms with van der Waals surface area (Å²) in [6.07, 6.45) is 0.0802. The largest absolute Gasteiger partial charge is 0.453 e. The molecule has 0 aliphatic carbocycles. The highest BCUT2D eigenvalue weighted by Gasteiger charge is 2.12. The van der Waals surface area contributed by atoms with Crippen LogP contribution in [0.3, 0.4) is 0 Å². The van der Waals surface area contributed by atoms with Crippen LogP contribution in [0.5, 0.6) is 6.08 Å². The molecule has 0 saturated carbocycles. The monoisotopic (exact) mass is 228 g/mol. The third-order valence-corrected chi connectivity index (χ3v) is 2.75. The molecule has 80 valence electrons. The summed E-state index contributed by atoms with van der Waals surface area (Å²) < 4.78 is 31.9. The van der Waals surface area contributed by atoms with Crippen LogP contribution in [0, 0.1) is 0 Å². The number of oxazole rings is 1. The van der Waals surface area contributed by atoms with Crippen LogP contribution in [0.1, 0.15) is 0 Å². The topological polar surface area (TPSA) is 95.4 Å². The summed E-state index contributed by atoms with van der Waals surface area (Å²) in [7, 11) is -2.31. The first-order chi connectivity index (χ1) is 7.00. The van der Waals surface area contributed by atoms with Crippen molar-refractivity contribution in [3.05, 3.63) is 18.2 Å². The van der Waals surface area contributed by atoms with Gasteiger partial charge in [-0.3, -0.25) is 0 Å². The van der Waals surface area contributed by atoms with Gasteiger partial charge in [0, 0.05) is 6.07 Å². The Labute approximate surface area is 85.7 Å². The fourth-order valence-electron chi connectivity index (χ4n) is 1.15. The predicted octanol–water partition coefficient (Wildman–Crippen LogP) is 0.484. The van der Waals surface area contributed by atoms with E-state index in [1.54, 1.807) is 0 Å². The molecule has 0 aliphatic heterocycles. The molecule has 0 bridgehead atoms. The average Bonchev–Trinajstić information content (AvgIpc) is 2.57. The number of hydrogen-bond acceptors (Lipinski definition) is 5. The minimum absolute atomic E-state index is 0.0196. The number of ether oxygens (including phenoxy) is 1. The van der Waals surface area contributed by atoms with Gasteiger partial charge in [-0.1, -0.05) is 0 Å². The summed E-state index contributed by atoms with van der Waals surface area (Å²) in [6, 6.07) is 4.17. The highest BCUT2D eigenvalue weighted by Crippen LogP contribution is 2.22. The maximum absolute atomic E-state index is 11.0. The molecule has 2 rings (SSSR count). The molecular weight excluding hydrogens is 220 g/mol. The third kappa shape index (κ3) is 1.79. The highest BCUT2D eigenvalue weighted by atomic mass is 32.2. The van der Waals surface area contributed by atoms with Gasteiger partial charge in [-0.2, -0.15) is 4.98 Å². The SMILES string of the molecule is COc1nc2ccc(S(N)(=O)=O)cc2o1. The van der Waals surface area contributed by atoms with E-state index in [1.165, 1.54) is 25.3 Å². The zero-order valence-corrected chi connectivity index (χ0v) is 8.61. The van der Waals surface area contributed by atoms with Crippen molar-refractivity contribution in [3.63, 3.8) is 0 Å². The van der Waals surface area contributed by atoms with E-state index in [9.17, 15) is 8.42 Å². The maximum atomic E-state index is 11.0. The molecule has 0 amide bonds. The van der Waals surface area contributed by atoms with E-state index < -0.39 is 10.0 Å². The van der Waals surface area contributed by atoms with Crippen molar-refractivity contribution < 1.29 is 17.6 Å². The number of sulfonamides is 1. The zero-order chi connectivity index (χ0) is 11.1. The first-order valence-electron chi connectivity index (χ1n) is 3.98. The lowest BCUT2D eigenvalue weighted by molar-refractivity contribution is 0.299. The van der Waals surface area contributed by atoms with Crippen LogP contribution in [0.4, 0.5) is 0 Å². The highest BCUT2D eigenvalue weighted by molar-refractivity contribution is 7.89. The minimum Gasteiger partial charge on any atom is -0.453 e. The van der Waals surface area contributed by atoms with Gasteiger partial charge in [0.1, 0.15) is 5.52 Å². The Bertz CT molecular complexity index is 602. The second-order valence-corrected chi connectivity index (χ2v) is 4.42. The Morgan fingerprint density at radius 1 is 1.47 bits per heavy atom. The van der Waals surface area contributed by atoms with E-state index in [2.05, 4.69) is 4.98 Å². The number of hydrogen-bond donors (Lipinski definition) is 1. The van der Waals surface area contributed by atoms with Gasteiger partial charge < -0.3 is 9.15 Å². The van der Waals surface area contributed by atoms with Crippen molar-refractivity contribution >= 4 is 21.1 Å². The van der Waals surface area contributed by atoms with E-state index in [0.29, 0.717) is 11.1 Å².